The van der Waals surface area contributed by atoms with Crippen molar-refractivity contribution in [2.75, 3.05) is 17.4 Å². The normalized spacial score (nSPS) is 11.9. The van der Waals surface area contributed by atoms with Crippen LogP contribution in [0.2, 0.25) is 0 Å². The van der Waals surface area contributed by atoms with E-state index in [-0.39, 0.29) is 29.5 Å². The fraction of sp³-hybridized carbons (Fsp3) is 0.257. The average Bonchev–Trinajstić information content (AvgIpc) is 3.03. The molecule has 4 aromatic carbocycles. The Balaban J connectivity index is 1.78. The van der Waals surface area contributed by atoms with Gasteiger partial charge in [-0.1, -0.05) is 104 Å². The summed E-state index contributed by atoms with van der Waals surface area (Å²) in [5.74, 6) is -1.77. The highest BCUT2D eigenvalue weighted by Gasteiger charge is 2.35. The predicted octanol–water partition coefficient (Wildman–Crippen LogP) is 5.89. The van der Waals surface area contributed by atoms with Crippen LogP contribution >= 0.6 is 0 Å². The van der Waals surface area contributed by atoms with Gasteiger partial charge in [0, 0.05) is 19.5 Å². The topological polar surface area (TPSA) is 86.8 Å². The molecular formula is C35H38FN3O4S. The van der Waals surface area contributed by atoms with E-state index >= 15 is 4.39 Å². The minimum atomic E-state index is -4.37. The molecule has 0 aromatic heterocycles. The highest BCUT2D eigenvalue weighted by molar-refractivity contribution is 7.92. The molecule has 1 N–H and O–H groups in total. The first-order valence-corrected chi connectivity index (χ1v) is 16.1. The zero-order valence-electron chi connectivity index (χ0n) is 25.0. The number of hydrogen-bond acceptors (Lipinski definition) is 4. The lowest BCUT2D eigenvalue weighted by atomic mass is 10.0. The van der Waals surface area contributed by atoms with E-state index in [2.05, 4.69) is 5.32 Å². The first-order valence-electron chi connectivity index (χ1n) is 14.7. The molecule has 0 aliphatic carbocycles. The van der Waals surface area contributed by atoms with E-state index in [1.54, 1.807) is 12.1 Å². The number of para-hydroxylation sites is 1. The second-order valence-electron chi connectivity index (χ2n) is 10.6. The second kappa shape index (κ2) is 15.3. The smallest absolute Gasteiger partial charge is 0.264 e. The molecule has 0 fully saturated rings. The Morgan fingerprint density at radius 2 is 1.41 bits per heavy atom. The SMILES string of the molecule is CCCCNC(=O)[C@H](Cc1ccccc1)N(Cc1ccccc1)C(=O)CN(c1ccccc1F)S(=O)(=O)c1ccc(C)cc1. The fourth-order valence-corrected chi connectivity index (χ4v) is 6.27. The maximum Gasteiger partial charge on any atom is 0.264 e. The van der Waals surface area contributed by atoms with E-state index in [0.717, 1.165) is 39.9 Å². The van der Waals surface area contributed by atoms with E-state index in [4.69, 9.17) is 0 Å². The number of aryl methyl sites for hydroxylation is 1. The van der Waals surface area contributed by atoms with Gasteiger partial charge in [0.1, 0.15) is 18.4 Å². The van der Waals surface area contributed by atoms with Gasteiger partial charge in [0.05, 0.1) is 10.6 Å². The number of nitrogens with zero attached hydrogens (tertiary/aromatic N) is 2. The molecule has 1 atom stereocenters. The summed E-state index contributed by atoms with van der Waals surface area (Å²) < 4.78 is 44.0. The molecule has 4 rings (SSSR count). The molecule has 0 aliphatic heterocycles. The van der Waals surface area contributed by atoms with Crippen LogP contribution in [0.25, 0.3) is 0 Å². The van der Waals surface area contributed by atoms with Gasteiger partial charge in [-0.05, 0) is 48.7 Å². The molecule has 44 heavy (non-hydrogen) atoms. The third kappa shape index (κ3) is 8.32. The van der Waals surface area contributed by atoms with Crippen LogP contribution in [0.1, 0.15) is 36.5 Å². The molecule has 0 bridgehead atoms. The van der Waals surface area contributed by atoms with Crippen LogP contribution in [-0.2, 0) is 32.6 Å². The molecule has 2 amide bonds. The van der Waals surface area contributed by atoms with Crippen molar-refractivity contribution < 1.29 is 22.4 Å². The Morgan fingerprint density at radius 1 is 0.818 bits per heavy atom. The minimum Gasteiger partial charge on any atom is -0.354 e. The van der Waals surface area contributed by atoms with Gasteiger partial charge in [-0.3, -0.25) is 13.9 Å². The summed E-state index contributed by atoms with van der Waals surface area (Å²) in [4.78, 5) is 29.4. The highest BCUT2D eigenvalue weighted by Crippen LogP contribution is 2.27. The number of anilines is 1. The lowest BCUT2D eigenvalue weighted by Gasteiger charge is -2.34. The molecule has 0 heterocycles. The summed E-state index contributed by atoms with van der Waals surface area (Å²) in [6.45, 7) is 3.63. The van der Waals surface area contributed by atoms with Crippen LogP contribution in [0.3, 0.4) is 0 Å². The molecular weight excluding hydrogens is 577 g/mol. The summed E-state index contributed by atoms with van der Waals surface area (Å²) in [7, 11) is -4.37. The van der Waals surface area contributed by atoms with Crippen molar-refractivity contribution in [1.29, 1.82) is 0 Å². The van der Waals surface area contributed by atoms with Crippen molar-refractivity contribution in [3.63, 3.8) is 0 Å². The number of benzene rings is 4. The van der Waals surface area contributed by atoms with Gasteiger partial charge in [-0.2, -0.15) is 0 Å². The molecule has 0 spiro atoms. The first kappa shape index (κ1) is 32.4. The van der Waals surface area contributed by atoms with Gasteiger partial charge < -0.3 is 10.2 Å². The Morgan fingerprint density at radius 3 is 2.02 bits per heavy atom. The van der Waals surface area contributed by atoms with Crippen molar-refractivity contribution in [2.45, 2.75) is 50.6 Å². The number of halogens is 1. The number of rotatable bonds is 14. The Kier molecular flexibility index (Phi) is 11.3. The number of nitrogens with one attached hydrogen (secondary N) is 1. The zero-order valence-corrected chi connectivity index (χ0v) is 25.8. The van der Waals surface area contributed by atoms with E-state index in [1.807, 2.05) is 74.5 Å². The average molecular weight is 616 g/mol. The quantitative estimate of drug-likeness (QED) is 0.179. The van der Waals surface area contributed by atoms with Gasteiger partial charge in [-0.25, -0.2) is 12.8 Å². The summed E-state index contributed by atoms with van der Waals surface area (Å²) in [5, 5.41) is 2.96. The lowest BCUT2D eigenvalue weighted by Crippen LogP contribution is -2.53. The molecule has 0 saturated carbocycles. The second-order valence-corrected chi connectivity index (χ2v) is 12.5. The van der Waals surface area contributed by atoms with Crippen LogP contribution in [0, 0.1) is 12.7 Å². The number of carbonyl (C=O) groups excluding carboxylic acids is 2. The summed E-state index contributed by atoms with van der Waals surface area (Å²) in [6, 6.07) is 29.2. The zero-order chi connectivity index (χ0) is 31.5. The standard InChI is InChI=1S/C35H38FN3O4S/c1-3-4-23-37-35(41)33(24-28-13-7-5-8-14-28)38(25-29-15-9-6-10-16-29)34(40)26-39(32-18-12-11-17-31(32)36)44(42,43)30-21-19-27(2)20-22-30/h5-22,33H,3-4,23-26H2,1-2H3,(H,37,41)/t33-/m0/s1. The summed E-state index contributed by atoms with van der Waals surface area (Å²) >= 11 is 0. The number of unbranched alkanes of at least 4 members (excludes halogenated alkanes) is 1. The van der Waals surface area contributed by atoms with Gasteiger partial charge in [0.25, 0.3) is 10.0 Å². The fourth-order valence-electron chi connectivity index (χ4n) is 4.85. The molecule has 4 aromatic rings. The number of hydrogen-bond donors (Lipinski definition) is 1. The number of amides is 2. The molecule has 0 saturated heterocycles. The van der Waals surface area contributed by atoms with Gasteiger partial charge in [-0.15, -0.1) is 0 Å². The van der Waals surface area contributed by atoms with Gasteiger partial charge >= 0.3 is 0 Å². The lowest BCUT2D eigenvalue weighted by molar-refractivity contribution is -0.140. The summed E-state index contributed by atoms with van der Waals surface area (Å²) in [5.41, 5.74) is 2.20. The molecule has 0 unspecified atom stereocenters. The van der Waals surface area contributed by atoms with Crippen LogP contribution in [0.15, 0.2) is 114 Å². The summed E-state index contributed by atoms with van der Waals surface area (Å²) in [6.07, 6.45) is 1.86. The Hall–Kier alpha value is -4.50. The van der Waals surface area contributed by atoms with Crippen LogP contribution in [0.5, 0.6) is 0 Å². The van der Waals surface area contributed by atoms with Gasteiger partial charge in [0.15, 0.2) is 0 Å². The van der Waals surface area contributed by atoms with E-state index in [9.17, 15) is 18.0 Å². The maximum absolute atomic E-state index is 15.2. The molecule has 230 valence electrons. The van der Waals surface area contributed by atoms with E-state index in [0.29, 0.717) is 6.54 Å². The monoisotopic (exact) mass is 615 g/mol. The van der Waals surface area contributed by atoms with Crippen molar-refractivity contribution in [3.05, 3.63) is 132 Å². The Bertz CT molecular complexity index is 1630. The first-order chi connectivity index (χ1) is 21.2. The highest BCUT2D eigenvalue weighted by atomic mass is 32.2. The molecule has 9 heteroatoms. The van der Waals surface area contributed by atoms with Crippen molar-refractivity contribution in [2.24, 2.45) is 0 Å². The minimum absolute atomic E-state index is 0.0497. The van der Waals surface area contributed by atoms with E-state index < -0.39 is 34.3 Å². The molecule has 0 radical (unpaired) electrons. The number of carbonyl (C=O) groups is 2. The van der Waals surface area contributed by atoms with Crippen molar-refractivity contribution in [1.82, 2.24) is 10.2 Å². The predicted molar refractivity (Wildman–Crippen MR) is 171 cm³/mol. The van der Waals surface area contributed by atoms with Crippen LogP contribution < -0.4 is 9.62 Å². The van der Waals surface area contributed by atoms with Crippen molar-refractivity contribution in [3.8, 4) is 0 Å². The van der Waals surface area contributed by atoms with Crippen LogP contribution in [0.4, 0.5) is 10.1 Å². The van der Waals surface area contributed by atoms with Gasteiger partial charge in [0.2, 0.25) is 11.8 Å². The molecule has 7 nitrogen and oxygen atoms in total. The third-order valence-electron chi connectivity index (χ3n) is 7.31. The molecule has 0 aliphatic rings. The maximum atomic E-state index is 15.2. The largest absolute Gasteiger partial charge is 0.354 e. The third-order valence-corrected chi connectivity index (χ3v) is 9.08. The van der Waals surface area contributed by atoms with Crippen molar-refractivity contribution >= 4 is 27.5 Å². The van der Waals surface area contributed by atoms with Crippen LogP contribution in [-0.4, -0.2) is 44.3 Å². The van der Waals surface area contributed by atoms with E-state index in [1.165, 1.54) is 35.2 Å². The number of sulfonamides is 1. The Labute approximate surface area is 259 Å².